The fourth-order valence-electron chi connectivity index (χ4n) is 3.38. The largest absolute Gasteiger partial charge is 0.496 e. The zero-order chi connectivity index (χ0) is 26.0. The Labute approximate surface area is 220 Å². The highest BCUT2D eigenvalue weighted by Crippen LogP contribution is 2.29. The molecule has 188 valence electrons. The first-order valence-corrected chi connectivity index (χ1v) is 13.0. The minimum Gasteiger partial charge on any atom is -0.496 e. The van der Waals surface area contributed by atoms with Crippen LogP contribution in [0.25, 0.3) is 11.4 Å². The van der Waals surface area contributed by atoms with Gasteiger partial charge in [0, 0.05) is 33.9 Å². The molecule has 4 rings (SSSR count). The molecule has 0 radical (unpaired) electrons. The summed E-state index contributed by atoms with van der Waals surface area (Å²) in [7, 11) is 1.45. The van der Waals surface area contributed by atoms with Gasteiger partial charge >= 0.3 is 0 Å². The number of nitrogens with zero attached hydrogens (tertiary/aromatic N) is 4. The van der Waals surface area contributed by atoms with E-state index in [1.807, 2.05) is 6.07 Å². The van der Waals surface area contributed by atoms with E-state index in [-0.39, 0.29) is 23.9 Å². The third-order valence-corrected chi connectivity index (χ3v) is 7.03. The first kappa shape index (κ1) is 25.8. The van der Waals surface area contributed by atoms with Gasteiger partial charge in [0.1, 0.15) is 23.0 Å². The number of pyridine rings is 1. The van der Waals surface area contributed by atoms with Crippen molar-refractivity contribution in [3.63, 3.8) is 0 Å². The van der Waals surface area contributed by atoms with Gasteiger partial charge in [-0.2, -0.15) is 14.2 Å². The SMILES string of the molecule is COc1cc(-c2cc(NCc3ccc(Cl)s3)n(C(=O)C(C)(C)C)n2)n(CC(=O)c2ccsn2)c(=O)c1. The minimum absolute atomic E-state index is 0.238. The van der Waals surface area contributed by atoms with Crippen LogP contribution in [0.1, 0.15) is 40.9 Å². The molecule has 0 bridgehead atoms. The number of aromatic nitrogens is 4. The van der Waals surface area contributed by atoms with E-state index < -0.39 is 11.0 Å². The molecule has 0 aromatic carbocycles. The summed E-state index contributed by atoms with van der Waals surface area (Å²) < 4.78 is 12.6. The lowest BCUT2D eigenvalue weighted by molar-refractivity contribution is 0.0752. The van der Waals surface area contributed by atoms with E-state index >= 15 is 0 Å². The Morgan fingerprint density at radius 2 is 1.94 bits per heavy atom. The molecule has 0 saturated carbocycles. The van der Waals surface area contributed by atoms with Crippen molar-refractivity contribution in [2.75, 3.05) is 12.4 Å². The maximum absolute atomic E-state index is 13.2. The quantitative estimate of drug-likeness (QED) is 0.308. The average Bonchev–Trinajstić information content (AvgIpc) is 3.58. The van der Waals surface area contributed by atoms with E-state index in [0.717, 1.165) is 16.4 Å². The number of nitrogens with one attached hydrogen (secondary N) is 1. The summed E-state index contributed by atoms with van der Waals surface area (Å²) in [4.78, 5) is 40.0. The predicted octanol–water partition coefficient (Wildman–Crippen LogP) is 5.07. The Kier molecular flexibility index (Phi) is 7.43. The molecule has 0 aliphatic heterocycles. The fourth-order valence-corrected chi connectivity index (χ4v) is 4.93. The van der Waals surface area contributed by atoms with Crippen LogP contribution in [-0.4, -0.2) is 37.5 Å². The second-order valence-corrected chi connectivity index (χ2v) is 11.4. The molecule has 0 spiro atoms. The van der Waals surface area contributed by atoms with Crippen molar-refractivity contribution in [2.24, 2.45) is 5.41 Å². The fraction of sp³-hybridized carbons (Fsp3) is 0.292. The molecule has 4 aromatic heterocycles. The molecular formula is C24H24ClN5O4S2. The zero-order valence-corrected chi connectivity index (χ0v) is 22.5. The molecule has 0 fully saturated rings. The maximum atomic E-state index is 13.2. The molecule has 0 unspecified atom stereocenters. The highest BCUT2D eigenvalue weighted by atomic mass is 35.5. The van der Waals surface area contributed by atoms with Crippen LogP contribution in [0.4, 0.5) is 5.82 Å². The van der Waals surface area contributed by atoms with Crippen molar-refractivity contribution in [3.05, 3.63) is 67.0 Å². The molecule has 0 aliphatic rings. The van der Waals surface area contributed by atoms with Crippen molar-refractivity contribution in [1.29, 1.82) is 0 Å². The van der Waals surface area contributed by atoms with E-state index in [1.54, 1.807) is 50.4 Å². The van der Waals surface area contributed by atoms with Crippen molar-refractivity contribution in [2.45, 2.75) is 33.9 Å². The number of ether oxygens (including phenoxy) is 1. The number of anilines is 1. The highest BCUT2D eigenvalue weighted by Gasteiger charge is 2.28. The number of hydrogen-bond donors (Lipinski definition) is 1. The molecular weight excluding hydrogens is 522 g/mol. The average molecular weight is 546 g/mol. The summed E-state index contributed by atoms with van der Waals surface area (Å²) in [5.74, 6) is 0.201. The summed E-state index contributed by atoms with van der Waals surface area (Å²) in [6.07, 6.45) is 0. The van der Waals surface area contributed by atoms with Crippen LogP contribution in [0.2, 0.25) is 4.34 Å². The number of thiophene rings is 1. The topological polar surface area (TPSA) is 108 Å². The predicted molar refractivity (Wildman–Crippen MR) is 142 cm³/mol. The van der Waals surface area contributed by atoms with Crippen LogP contribution in [0, 0.1) is 5.41 Å². The lowest BCUT2D eigenvalue weighted by Crippen LogP contribution is -2.29. The third-order valence-electron chi connectivity index (χ3n) is 5.24. The standard InChI is InChI=1S/C24H24ClN5O4S2/c1-24(2,3)23(33)30-21(26-12-15-5-6-20(25)36-15)11-17(27-30)18-9-14(34-4)10-22(32)29(18)13-19(31)16-7-8-35-28-16/h5-11,26H,12-13H2,1-4H3. The normalized spacial score (nSPS) is 11.5. The summed E-state index contributed by atoms with van der Waals surface area (Å²) in [5, 5.41) is 9.50. The Bertz CT molecular complexity index is 1460. The van der Waals surface area contributed by atoms with Crippen LogP contribution in [0.3, 0.4) is 0 Å². The monoisotopic (exact) mass is 545 g/mol. The molecule has 0 amide bonds. The van der Waals surface area contributed by atoms with Gasteiger partial charge in [0.2, 0.25) is 5.78 Å². The Morgan fingerprint density at radius 1 is 1.17 bits per heavy atom. The van der Waals surface area contributed by atoms with Crippen LogP contribution in [0.5, 0.6) is 5.75 Å². The summed E-state index contributed by atoms with van der Waals surface area (Å²) in [5.41, 5.74) is -0.209. The van der Waals surface area contributed by atoms with Crippen LogP contribution < -0.4 is 15.6 Å². The van der Waals surface area contributed by atoms with Crippen LogP contribution >= 0.6 is 34.5 Å². The molecule has 9 nitrogen and oxygen atoms in total. The lowest BCUT2D eigenvalue weighted by atomic mass is 9.96. The van der Waals surface area contributed by atoms with Gasteiger partial charge in [-0.1, -0.05) is 32.4 Å². The number of carbonyl (C=O) groups is 2. The van der Waals surface area contributed by atoms with Crippen LogP contribution in [-0.2, 0) is 13.1 Å². The molecule has 0 saturated heterocycles. The number of halogens is 1. The minimum atomic E-state index is -0.722. The van der Waals surface area contributed by atoms with E-state index in [4.69, 9.17) is 16.3 Å². The zero-order valence-electron chi connectivity index (χ0n) is 20.1. The van der Waals surface area contributed by atoms with Crippen LogP contribution in [0.15, 0.2) is 46.6 Å². The first-order valence-electron chi connectivity index (χ1n) is 10.9. The maximum Gasteiger partial charge on any atom is 0.255 e. The number of methoxy groups -OCH3 is 1. The number of rotatable bonds is 8. The number of hydrogen-bond acceptors (Lipinski definition) is 9. The summed E-state index contributed by atoms with van der Waals surface area (Å²) in [6.45, 7) is 5.58. The Hall–Kier alpha value is -3.28. The molecule has 0 atom stereocenters. The van der Waals surface area contributed by atoms with Gasteiger partial charge in [-0.15, -0.1) is 11.3 Å². The second-order valence-electron chi connectivity index (χ2n) is 8.95. The number of ketones is 1. The molecule has 0 aliphatic carbocycles. The van der Waals surface area contributed by atoms with Gasteiger partial charge in [-0.3, -0.25) is 19.0 Å². The molecule has 4 heterocycles. The Morgan fingerprint density at radius 3 is 2.56 bits per heavy atom. The summed E-state index contributed by atoms with van der Waals surface area (Å²) >= 11 is 8.64. The van der Waals surface area contributed by atoms with Crippen molar-refractivity contribution in [3.8, 4) is 17.1 Å². The van der Waals surface area contributed by atoms with Crippen molar-refractivity contribution >= 4 is 52.0 Å². The van der Waals surface area contributed by atoms with Gasteiger partial charge in [0.25, 0.3) is 11.5 Å². The molecule has 12 heteroatoms. The van der Waals surface area contributed by atoms with E-state index in [2.05, 4.69) is 14.8 Å². The van der Waals surface area contributed by atoms with Crippen molar-refractivity contribution < 1.29 is 14.3 Å². The van der Waals surface area contributed by atoms with Gasteiger partial charge in [0.05, 0.1) is 30.2 Å². The van der Waals surface area contributed by atoms with Gasteiger partial charge in [-0.25, -0.2) is 0 Å². The van der Waals surface area contributed by atoms with E-state index in [0.29, 0.717) is 33.8 Å². The molecule has 4 aromatic rings. The molecule has 36 heavy (non-hydrogen) atoms. The lowest BCUT2D eigenvalue weighted by Gasteiger charge is -2.18. The Balaban J connectivity index is 1.79. The smallest absolute Gasteiger partial charge is 0.255 e. The number of Topliss-reactive ketones (excluding diaryl/α,β-unsaturated/α-hetero) is 1. The second kappa shape index (κ2) is 10.4. The van der Waals surface area contributed by atoms with Gasteiger partial charge in [0.15, 0.2) is 0 Å². The molecule has 1 N–H and O–H groups in total. The van der Waals surface area contributed by atoms with Gasteiger partial charge < -0.3 is 10.1 Å². The third kappa shape index (κ3) is 5.58. The van der Waals surface area contributed by atoms with Crippen molar-refractivity contribution in [1.82, 2.24) is 18.7 Å². The van der Waals surface area contributed by atoms with E-state index in [1.165, 1.54) is 33.8 Å². The van der Waals surface area contributed by atoms with Gasteiger partial charge in [-0.05, 0) is 29.7 Å². The number of carbonyl (C=O) groups excluding carboxylic acids is 2. The first-order chi connectivity index (χ1) is 17.1. The summed E-state index contributed by atoms with van der Waals surface area (Å²) in [6, 6.07) is 9.91. The highest BCUT2D eigenvalue weighted by molar-refractivity contribution is 7.16. The van der Waals surface area contributed by atoms with E-state index in [9.17, 15) is 14.4 Å².